The summed E-state index contributed by atoms with van der Waals surface area (Å²) in [6, 6.07) is 2.89. The Morgan fingerprint density at radius 1 is 1.35 bits per heavy atom. The number of hydrogen-bond donors (Lipinski definition) is 1. The van der Waals surface area contributed by atoms with Crippen LogP contribution in [0.1, 0.15) is 25.3 Å². The van der Waals surface area contributed by atoms with Gasteiger partial charge in [0.15, 0.2) is 11.6 Å². The van der Waals surface area contributed by atoms with Crippen LogP contribution >= 0.6 is 0 Å². The van der Waals surface area contributed by atoms with Crippen LogP contribution < -0.4 is 10.1 Å². The molecule has 94 valence electrons. The largest absolute Gasteiger partial charge is 0.489 e. The molecule has 0 aliphatic heterocycles. The molecule has 1 aliphatic carbocycles. The quantitative estimate of drug-likeness (QED) is 0.856. The van der Waals surface area contributed by atoms with Crippen LogP contribution in [0.3, 0.4) is 0 Å². The Hall–Kier alpha value is -1.16. The van der Waals surface area contributed by atoms with E-state index in [9.17, 15) is 8.78 Å². The third-order valence-corrected chi connectivity index (χ3v) is 2.82. The van der Waals surface area contributed by atoms with E-state index in [0.29, 0.717) is 17.4 Å². The second-order valence-corrected chi connectivity index (χ2v) is 4.64. The van der Waals surface area contributed by atoms with E-state index < -0.39 is 11.6 Å². The summed E-state index contributed by atoms with van der Waals surface area (Å²) < 4.78 is 31.6. The first-order chi connectivity index (χ1) is 8.06. The van der Waals surface area contributed by atoms with Gasteiger partial charge in [-0.15, -0.1) is 0 Å². The summed E-state index contributed by atoms with van der Waals surface area (Å²) >= 11 is 0. The Morgan fingerprint density at radius 3 is 2.65 bits per heavy atom. The molecule has 2 rings (SSSR count). The number of aryl methyl sites for hydroxylation is 1. The molecule has 1 unspecified atom stereocenters. The van der Waals surface area contributed by atoms with Gasteiger partial charge >= 0.3 is 0 Å². The Morgan fingerprint density at radius 2 is 2.00 bits per heavy atom. The SMILES string of the molecule is Cc1cc(F)c(F)cc1OC(C)CNC1CC1. The minimum absolute atomic E-state index is 0.0563. The van der Waals surface area contributed by atoms with Gasteiger partial charge in [0, 0.05) is 18.7 Å². The summed E-state index contributed by atoms with van der Waals surface area (Å²) in [4.78, 5) is 0. The van der Waals surface area contributed by atoms with Crippen molar-refractivity contribution in [3.8, 4) is 5.75 Å². The van der Waals surface area contributed by atoms with Crippen molar-refractivity contribution in [2.75, 3.05) is 6.54 Å². The highest BCUT2D eigenvalue weighted by Crippen LogP contribution is 2.23. The van der Waals surface area contributed by atoms with Crippen molar-refractivity contribution in [2.45, 2.75) is 38.8 Å². The first kappa shape index (κ1) is 12.3. The van der Waals surface area contributed by atoms with Crippen molar-refractivity contribution >= 4 is 0 Å². The van der Waals surface area contributed by atoms with Gasteiger partial charge in [-0.05, 0) is 38.3 Å². The summed E-state index contributed by atoms with van der Waals surface area (Å²) in [5, 5.41) is 3.33. The lowest BCUT2D eigenvalue weighted by Crippen LogP contribution is -2.30. The van der Waals surface area contributed by atoms with Gasteiger partial charge in [0.1, 0.15) is 11.9 Å². The molecule has 2 nitrogen and oxygen atoms in total. The Bertz CT molecular complexity index is 405. The lowest BCUT2D eigenvalue weighted by Gasteiger charge is -2.17. The second kappa shape index (κ2) is 5.00. The zero-order valence-corrected chi connectivity index (χ0v) is 10.1. The molecule has 1 N–H and O–H groups in total. The predicted molar refractivity (Wildman–Crippen MR) is 62.2 cm³/mol. The van der Waals surface area contributed by atoms with Crippen molar-refractivity contribution in [3.05, 3.63) is 29.3 Å². The monoisotopic (exact) mass is 241 g/mol. The van der Waals surface area contributed by atoms with Crippen LogP contribution in [0.2, 0.25) is 0 Å². The summed E-state index contributed by atoms with van der Waals surface area (Å²) in [5.41, 5.74) is 0.613. The van der Waals surface area contributed by atoms with Gasteiger partial charge < -0.3 is 10.1 Å². The minimum Gasteiger partial charge on any atom is -0.489 e. The lowest BCUT2D eigenvalue weighted by molar-refractivity contribution is 0.214. The smallest absolute Gasteiger partial charge is 0.162 e. The van der Waals surface area contributed by atoms with Crippen LogP contribution in [0.25, 0.3) is 0 Å². The zero-order valence-electron chi connectivity index (χ0n) is 10.1. The van der Waals surface area contributed by atoms with Crippen molar-refractivity contribution in [1.29, 1.82) is 0 Å². The fourth-order valence-corrected chi connectivity index (χ4v) is 1.63. The van der Waals surface area contributed by atoms with E-state index in [0.717, 1.165) is 18.7 Å². The number of nitrogens with one attached hydrogen (secondary N) is 1. The lowest BCUT2D eigenvalue weighted by atomic mass is 10.2. The van der Waals surface area contributed by atoms with Crippen LogP contribution in [0.15, 0.2) is 12.1 Å². The number of hydrogen-bond acceptors (Lipinski definition) is 2. The van der Waals surface area contributed by atoms with Crippen molar-refractivity contribution in [1.82, 2.24) is 5.32 Å². The van der Waals surface area contributed by atoms with Gasteiger partial charge in [0.25, 0.3) is 0 Å². The average Bonchev–Trinajstić information content (AvgIpc) is 3.07. The molecule has 0 bridgehead atoms. The molecule has 0 amide bonds. The summed E-state index contributed by atoms with van der Waals surface area (Å²) in [6.07, 6.45) is 2.38. The summed E-state index contributed by atoms with van der Waals surface area (Å²) in [6.45, 7) is 4.35. The fraction of sp³-hybridized carbons (Fsp3) is 0.538. The number of benzene rings is 1. The molecule has 0 saturated heterocycles. The first-order valence-electron chi connectivity index (χ1n) is 5.92. The Kier molecular flexibility index (Phi) is 3.62. The maximum absolute atomic E-state index is 13.1. The molecule has 1 saturated carbocycles. The molecule has 1 aliphatic rings. The molecule has 0 radical (unpaired) electrons. The van der Waals surface area contributed by atoms with E-state index in [-0.39, 0.29) is 6.10 Å². The highest BCUT2D eigenvalue weighted by atomic mass is 19.2. The first-order valence-corrected chi connectivity index (χ1v) is 5.92. The second-order valence-electron chi connectivity index (χ2n) is 4.64. The van der Waals surface area contributed by atoms with Crippen LogP contribution in [0.4, 0.5) is 8.78 Å². The summed E-state index contributed by atoms with van der Waals surface area (Å²) in [5.74, 6) is -1.29. The maximum atomic E-state index is 13.1. The minimum atomic E-state index is -0.868. The van der Waals surface area contributed by atoms with E-state index in [1.807, 2.05) is 6.92 Å². The van der Waals surface area contributed by atoms with Crippen molar-refractivity contribution < 1.29 is 13.5 Å². The Labute approximate surface area is 100.0 Å². The predicted octanol–water partition coefficient (Wildman–Crippen LogP) is 2.79. The number of rotatable bonds is 5. The van der Waals surface area contributed by atoms with Crippen molar-refractivity contribution in [3.63, 3.8) is 0 Å². The van der Waals surface area contributed by atoms with Crippen molar-refractivity contribution in [2.24, 2.45) is 0 Å². The standard InChI is InChI=1S/C13H17F2NO/c1-8-5-11(14)12(15)6-13(8)17-9(2)7-16-10-3-4-10/h5-6,9-10,16H,3-4,7H2,1-2H3. The van der Waals surface area contributed by atoms with Gasteiger partial charge in [-0.25, -0.2) is 8.78 Å². The molecule has 1 fully saturated rings. The van der Waals surface area contributed by atoms with Gasteiger partial charge in [-0.1, -0.05) is 0 Å². The third-order valence-electron chi connectivity index (χ3n) is 2.82. The Balaban J connectivity index is 1.94. The fourth-order valence-electron chi connectivity index (χ4n) is 1.63. The van der Waals surface area contributed by atoms with Gasteiger partial charge in [-0.3, -0.25) is 0 Å². The van der Waals surface area contributed by atoms with E-state index in [2.05, 4.69) is 5.32 Å². The number of halogens is 2. The molecule has 0 spiro atoms. The van der Waals surface area contributed by atoms with E-state index >= 15 is 0 Å². The molecule has 4 heteroatoms. The van der Waals surface area contributed by atoms with Gasteiger partial charge in [0.05, 0.1) is 0 Å². The molecule has 0 aromatic heterocycles. The normalized spacial score (nSPS) is 16.9. The van der Waals surface area contributed by atoms with E-state index in [1.165, 1.54) is 12.8 Å². The van der Waals surface area contributed by atoms with Gasteiger partial charge in [-0.2, -0.15) is 0 Å². The van der Waals surface area contributed by atoms with E-state index in [4.69, 9.17) is 4.74 Å². The van der Waals surface area contributed by atoms with Crippen LogP contribution in [-0.2, 0) is 0 Å². The van der Waals surface area contributed by atoms with Gasteiger partial charge in [0.2, 0.25) is 0 Å². The third kappa shape index (κ3) is 3.40. The molecule has 1 atom stereocenters. The molecular formula is C13H17F2NO. The highest BCUT2D eigenvalue weighted by molar-refractivity contribution is 5.33. The van der Waals surface area contributed by atoms with Crippen LogP contribution in [-0.4, -0.2) is 18.7 Å². The molecule has 0 heterocycles. The molecule has 17 heavy (non-hydrogen) atoms. The highest BCUT2D eigenvalue weighted by Gasteiger charge is 2.21. The van der Waals surface area contributed by atoms with Crippen LogP contribution in [0, 0.1) is 18.6 Å². The summed E-state index contributed by atoms with van der Waals surface area (Å²) in [7, 11) is 0. The van der Waals surface area contributed by atoms with Crippen LogP contribution in [0.5, 0.6) is 5.75 Å². The molecule has 1 aromatic rings. The zero-order chi connectivity index (χ0) is 12.4. The number of ether oxygens (including phenoxy) is 1. The van der Waals surface area contributed by atoms with E-state index in [1.54, 1.807) is 6.92 Å². The molecule has 1 aromatic carbocycles. The molecular weight excluding hydrogens is 224 g/mol. The maximum Gasteiger partial charge on any atom is 0.162 e. The topological polar surface area (TPSA) is 21.3 Å². The average molecular weight is 241 g/mol.